The lowest BCUT2D eigenvalue weighted by atomic mass is 10.1. The Bertz CT molecular complexity index is 885. The molecule has 0 aliphatic rings. The van der Waals surface area contributed by atoms with Crippen LogP contribution >= 0.6 is 15.9 Å². The molecule has 1 aromatic carbocycles. The summed E-state index contributed by atoms with van der Waals surface area (Å²) in [7, 11) is 3.21. The molecule has 7 nitrogen and oxygen atoms in total. The number of nitrogens with zero attached hydrogens (tertiary/aromatic N) is 2. The molecule has 8 heteroatoms. The Labute approximate surface area is 199 Å². The first-order valence-electron chi connectivity index (χ1n) is 10.6. The summed E-state index contributed by atoms with van der Waals surface area (Å²) >= 11 is 3.35. The molecule has 32 heavy (non-hydrogen) atoms. The maximum Gasteiger partial charge on any atom is 0.410 e. The van der Waals surface area contributed by atoms with Crippen molar-refractivity contribution < 1.29 is 23.7 Å². The van der Waals surface area contributed by atoms with Gasteiger partial charge in [-0.1, -0.05) is 6.07 Å². The largest absolute Gasteiger partial charge is 0.497 e. The van der Waals surface area contributed by atoms with Crippen LogP contribution in [0.5, 0.6) is 17.4 Å². The Morgan fingerprint density at radius 3 is 2.53 bits per heavy atom. The first-order valence-corrected chi connectivity index (χ1v) is 11.4. The highest BCUT2D eigenvalue weighted by Crippen LogP contribution is 2.26. The fourth-order valence-corrected chi connectivity index (χ4v) is 3.37. The van der Waals surface area contributed by atoms with E-state index < -0.39 is 5.60 Å². The maximum atomic E-state index is 12.9. The van der Waals surface area contributed by atoms with Crippen molar-refractivity contribution >= 4 is 22.0 Å². The number of hydrogen-bond acceptors (Lipinski definition) is 6. The molecule has 1 amide bonds. The number of pyridine rings is 1. The van der Waals surface area contributed by atoms with Gasteiger partial charge in [-0.15, -0.1) is 0 Å². The average Bonchev–Trinajstić information content (AvgIpc) is 2.71. The highest BCUT2D eigenvalue weighted by atomic mass is 79.9. The summed E-state index contributed by atoms with van der Waals surface area (Å²) in [6, 6.07) is 11.1. The fraction of sp³-hybridized carbons (Fsp3) is 0.500. The quantitative estimate of drug-likeness (QED) is 0.375. The second-order valence-electron chi connectivity index (χ2n) is 8.45. The molecule has 0 bridgehead atoms. The molecule has 0 aliphatic carbocycles. The minimum Gasteiger partial charge on any atom is -0.497 e. The van der Waals surface area contributed by atoms with E-state index in [0.29, 0.717) is 30.5 Å². The molecule has 2 rings (SSSR count). The van der Waals surface area contributed by atoms with E-state index in [1.807, 2.05) is 64.1 Å². The molecule has 1 atom stereocenters. The second-order valence-corrected chi connectivity index (χ2v) is 9.26. The van der Waals surface area contributed by atoms with Crippen molar-refractivity contribution in [2.45, 2.75) is 58.8 Å². The number of carbonyl (C=O) groups excluding carboxylic acids is 1. The summed E-state index contributed by atoms with van der Waals surface area (Å²) in [5, 5.41) is 0. The normalized spacial score (nSPS) is 12.1. The predicted octanol–water partition coefficient (Wildman–Crippen LogP) is 5.85. The Hall–Kier alpha value is -2.48. The van der Waals surface area contributed by atoms with E-state index in [1.165, 1.54) is 0 Å². The van der Waals surface area contributed by atoms with E-state index >= 15 is 0 Å². The predicted molar refractivity (Wildman–Crippen MR) is 127 cm³/mol. The zero-order chi connectivity index (χ0) is 23.7. The van der Waals surface area contributed by atoms with Gasteiger partial charge in [0, 0.05) is 24.2 Å². The van der Waals surface area contributed by atoms with Crippen LogP contribution in [0.25, 0.3) is 0 Å². The standard InChI is InChI=1S/C24H33BrN2O5/c1-17(31-22-11-7-10-21(25)26-22)9-8-14-27(23(28)32-24(2,3)4)16-18-12-13-19(29-5)15-20(18)30-6/h7,10-13,15,17H,8-9,14,16H2,1-6H3. The van der Waals surface area contributed by atoms with Crippen LogP contribution in [0.1, 0.15) is 46.1 Å². The Kier molecular flexibility index (Phi) is 9.62. The van der Waals surface area contributed by atoms with Gasteiger partial charge in [-0.25, -0.2) is 9.78 Å². The molecule has 0 radical (unpaired) electrons. The third-order valence-electron chi connectivity index (χ3n) is 4.56. The summed E-state index contributed by atoms with van der Waals surface area (Å²) < 4.78 is 23.0. The SMILES string of the molecule is COc1ccc(CN(CCCC(C)Oc2cccc(Br)n2)C(=O)OC(C)(C)C)c(OC)c1. The molecular weight excluding hydrogens is 476 g/mol. The Morgan fingerprint density at radius 2 is 1.91 bits per heavy atom. The van der Waals surface area contributed by atoms with Crippen LogP contribution < -0.4 is 14.2 Å². The van der Waals surface area contributed by atoms with E-state index in [-0.39, 0.29) is 12.2 Å². The van der Waals surface area contributed by atoms with Gasteiger partial charge < -0.3 is 23.8 Å². The lowest BCUT2D eigenvalue weighted by Crippen LogP contribution is -2.37. The highest BCUT2D eigenvalue weighted by Gasteiger charge is 2.23. The number of benzene rings is 1. The molecule has 0 aliphatic heterocycles. The first-order chi connectivity index (χ1) is 15.1. The van der Waals surface area contributed by atoms with Crippen molar-refractivity contribution in [1.82, 2.24) is 9.88 Å². The number of hydrogen-bond donors (Lipinski definition) is 0. The van der Waals surface area contributed by atoms with Gasteiger partial charge in [0.15, 0.2) is 0 Å². The van der Waals surface area contributed by atoms with Crippen LogP contribution in [0.15, 0.2) is 41.0 Å². The van der Waals surface area contributed by atoms with Crippen LogP contribution in [0.3, 0.4) is 0 Å². The molecule has 0 saturated heterocycles. The van der Waals surface area contributed by atoms with E-state index in [1.54, 1.807) is 19.1 Å². The molecule has 1 unspecified atom stereocenters. The second kappa shape index (κ2) is 11.9. The van der Waals surface area contributed by atoms with Gasteiger partial charge in [0.2, 0.25) is 5.88 Å². The molecule has 2 aromatic rings. The summed E-state index contributed by atoms with van der Waals surface area (Å²) in [5.74, 6) is 1.93. The zero-order valence-electron chi connectivity index (χ0n) is 19.7. The van der Waals surface area contributed by atoms with Crippen LogP contribution in [0, 0.1) is 0 Å². The van der Waals surface area contributed by atoms with Crippen LogP contribution in [0.4, 0.5) is 4.79 Å². The monoisotopic (exact) mass is 508 g/mol. The Balaban J connectivity index is 2.04. The van der Waals surface area contributed by atoms with Crippen molar-refractivity contribution in [3.8, 4) is 17.4 Å². The fourth-order valence-electron chi connectivity index (χ4n) is 3.04. The van der Waals surface area contributed by atoms with Crippen LogP contribution in [-0.4, -0.2) is 48.4 Å². The molecule has 176 valence electrons. The van der Waals surface area contributed by atoms with E-state index in [4.69, 9.17) is 18.9 Å². The molecular formula is C24H33BrN2O5. The molecule has 1 heterocycles. The number of halogens is 1. The molecule has 1 aromatic heterocycles. The topological polar surface area (TPSA) is 70.1 Å². The number of aromatic nitrogens is 1. The first kappa shape index (κ1) is 25.8. The number of ether oxygens (including phenoxy) is 4. The lowest BCUT2D eigenvalue weighted by Gasteiger charge is -2.28. The summed E-state index contributed by atoms with van der Waals surface area (Å²) in [6.07, 6.45) is 1.09. The van der Waals surface area contributed by atoms with Gasteiger partial charge in [-0.05, 0) is 74.7 Å². The van der Waals surface area contributed by atoms with Gasteiger partial charge >= 0.3 is 6.09 Å². The van der Waals surface area contributed by atoms with Gasteiger partial charge in [-0.2, -0.15) is 0 Å². The van der Waals surface area contributed by atoms with Crippen LogP contribution in [0.2, 0.25) is 0 Å². The number of methoxy groups -OCH3 is 2. The van der Waals surface area contributed by atoms with E-state index in [0.717, 1.165) is 23.0 Å². The Morgan fingerprint density at radius 1 is 1.16 bits per heavy atom. The number of carbonyl (C=O) groups is 1. The number of rotatable bonds is 10. The summed E-state index contributed by atoms with van der Waals surface area (Å²) in [4.78, 5) is 18.9. The molecule has 0 N–H and O–H groups in total. The van der Waals surface area contributed by atoms with Crippen molar-refractivity contribution in [3.05, 3.63) is 46.6 Å². The van der Waals surface area contributed by atoms with E-state index in [9.17, 15) is 4.79 Å². The average molecular weight is 509 g/mol. The third kappa shape index (κ3) is 8.57. The smallest absolute Gasteiger partial charge is 0.410 e. The highest BCUT2D eigenvalue weighted by molar-refractivity contribution is 9.10. The maximum absolute atomic E-state index is 12.9. The third-order valence-corrected chi connectivity index (χ3v) is 5.00. The van der Waals surface area contributed by atoms with Gasteiger partial charge in [0.05, 0.1) is 26.9 Å². The summed E-state index contributed by atoms with van der Waals surface area (Å²) in [5.41, 5.74) is 0.295. The van der Waals surface area contributed by atoms with Crippen molar-refractivity contribution in [2.24, 2.45) is 0 Å². The van der Waals surface area contributed by atoms with Gasteiger partial charge in [0.1, 0.15) is 21.7 Å². The number of amides is 1. The minimum absolute atomic E-state index is 0.0483. The van der Waals surface area contributed by atoms with Crippen LogP contribution in [-0.2, 0) is 11.3 Å². The molecule has 0 saturated carbocycles. The minimum atomic E-state index is -0.581. The summed E-state index contributed by atoms with van der Waals surface area (Å²) in [6.45, 7) is 8.45. The zero-order valence-corrected chi connectivity index (χ0v) is 21.3. The van der Waals surface area contributed by atoms with Crippen molar-refractivity contribution in [1.29, 1.82) is 0 Å². The molecule has 0 fully saturated rings. The van der Waals surface area contributed by atoms with Gasteiger partial charge in [-0.3, -0.25) is 0 Å². The van der Waals surface area contributed by atoms with E-state index in [2.05, 4.69) is 20.9 Å². The van der Waals surface area contributed by atoms with Crippen molar-refractivity contribution in [3.63, 3.8) is 0 Å². The van der Waals surface area contributed by atoms with Crippen molar-refractivity contribution in [2.75, 3.05) is 20.8 Å². The van der Waals surface area contributed by atoms with Gasteiger partial charge in [0.25, 0.3) is 0 Å². The lowest BCUT2D eigenvalue weighted by molar-refractivity contribution is 0.0223. The molecule has 0 spiro atoms.